The van der Waals surface area contributed by atoms with Gasteiger partial charge in [-0.15, -0.1) is 11.8 Å². The van der Waals surface area contributed by atoms with Gasteiger partial charge in [0.1, 0.15) is 6.04 Å². The molecule has 0 spiro atoms. The predicted molar refractivity (Wildman–Crippen MR) is 91.5 cm³/mol. The molecule has 1 unspecified atom stereocenters. The van der Waals surface area contributed by atoms with E-state index in [1.807, 2.05) is 18.2 Å². The van der Waals surface area contributed by atoms with E-state index in [4.69, 9.17) is 5.73 Å². The molecule has 3 rings (SSSR count). The molecule has 0 radical (unpaired) electrons. The van der Waals surface area contributed by atoms with Crippen LogP contribution in [0.4, 0.5) is 0 Å². The molecule has 1 aromatic carbocycles. The van der Waals surface area contributed by atoms with Crippen molar-refractivity contribution in [1.82, 2.24) is 10.2 Å². The molecule has 1 saturated heterocycles. The maximum Gasteiger partial charge on any atom is 0.255 e. The van der Waals surface area contributed by atoms with Crippen LogP contribution in [0.15, 0.2) is 23.1 Å². The Morgan fingerprint density at radius 2 is 2.08 bits per heavy atom. The number of imide groups is 1. The molecule has 2 aliphatic rings. The van der Waals surface area contributed by atoms with E-state index >= 15 is 0 Å². The first-order chi connectivity index (χ1) is 11.6. The zero-order valence-corrected chi connectivity index (χ0v) is 14.2. The number of rotatable bonds is 6. The molecule has 1 aromatic rings. The standard InChI is InChI=1S/C17H21N3O3S/c18-8-1-2-9-24-14-5-3-4-11-12(14)10-20(17(11)23)13-6-7-15(21)19-16(13)22/h3-5,13H,1-2,6-10,18H2,(H,19,21,22). The normalized spacial score (nSPS) is 20.3. The number of piperidine rings is 1. The Morgan fingerprint density at radius 3 is 2.83 bits per heavy atom. The zero-order valence-electron chi connectivity index (χ0n) is 13.4. The molecule has 3 amide bonds. The number of carbonyl (C=O) groups excluding carboxylic acids is 3. The molecular weight excluding hydrogens is 326 g/mol. The number of benzene rings is 1. The van der Waals surface area contributed by atoms with E-state index in [0.29, 0.717) is 25.1 Å². The van der Waals surface area contributed by atoms with Crippen molar-refractivity contribution in [1.29, 1.82) is 0 Å². The Morgan fingerprint density at radius 1 is 1.25 bits per heavy atom. The van der Waals surface area contributed by atoms with Gasteiger partial charge in [-0.05, 0) is 49.3 Å². The molecule has 7 heteroatoms. The lowest BCUT2D eigenvalue weighted by Crippen LogP contribution is -2.52. The number of nitrogens with one attached hydrogen (secondary N) is 1. The van der Waals surface area contributed by atoms with E-state index in [0.717, 1.165) is 29.1 Å². The van der Waals surface area contributed by atoms with Crippen molar-refractivity contribution in [3.8, 4) is 0 Å². The van der Waals surface area contributed by atoms with E-state index in [1.54, 1.807) is 16.7 Å². The molecule has 1 fully saturated rings. The van der Waals surface area contributed by atoms with Gasteiger partial charge in [0.2, 0.25) is 11.8 Å². The highest BCUT2D eigenvalue weighted by Crippen LogP contribution is 2.34. The van der Waals surface area contributed by atoms with Crippen molar-refractivity contribution in [3.63, 3.8) is 0 Å². The summed E-state index contributed by atoms with van der Waals surface area (Å²) in [5.41, 5.74) is 7.18. The smallest absolute Gasteiger partial charge is 0.255 e. The summed E-state index contributed by atoms with van der Waals surface area (Å²) in [7, 11) is 0. The Hall–Kier alpha value is -1.86. The van der Waals surface area contributed by atoms with Crippen LogP contribution in [-0.2, 0) is 16.1 Å². The van der Waals surface area contributed by atoms with Crippen LogP contribution in [0.5, 0.6) is 0 Å². The van der Waals surface area contributed by atoms with Crippen LogP contribution in [0.3, 0.4) is 0 Å². The molecule has 2 aliphatic heterocycles. The molecule has 3 N–H and O–H groups in total. The van der Waals surface area contributed by atoms with E-state index in [1.165, 1.54) is 0 Å². The third-order valence-corrected chi connectivity index (χ3v) is 5.58. The minimum Gasteiger partial charge on any atom is -0.330 e. The number of nitrogens with zero attached hydrogens (tertiary/aromatic N) is 1. The van der Waals surface area contributed by atoms with Crippen molar-refractivity contribution in [2.24, 2.45) is 5.73 Å². The van der Waals surface area contributed by atoms with Gasteiger partial charge >= 0.3 is 0 Å². The minimum absolute atomic E-state index is 0.121. The molecular formula is C17H21N3O3S. The predicted octanol–water partition coefficient (Wildman–Crippen LogP) is 1.28. The molecule has 0 aliphatic carbocycles. The lowest BCUT2D eigenvalue weighted by Gasteiger charge is -2.29. The molecule has 0 saturated carbocycles. The van der Waals surface area contributed by atoms with Gasteiger partial charge in [0, 0.05) is 23.4 Å². The van der Waals surface area contributed by atoms with Gasteiger partial charge < -0.3 is 10.6 Å². The fraction of sp³-hybridized carbons (Fsp3) is 0.471. The van der Waals surface area contributed by atoms with E-state index in [2.05, 4.69) is 5.32 Å². The summed E-state index contributed by atoms with van der Waals surface area (Å²) in [6.45, 7) is 1.12. The van der Waals surface area contributed by atoms with Gasteiger partial charge in [-0.1, -0.05) is 6.07 Å². The van der Waals surface area contributed by atoms with E-state index < -0.39 is 6.04 Å². The SMILES string of the molecule is NCCCCSc1cccc2c1CN(C1CCC(=O)NC1=O)C2=O. The summed E-state index contributed by atoms with van der Waals surface area (Å²) < 4.78 is 0. The first-order valence-electron chi connectivity index (χ1n) is 8.21. The molecule has 0 aromatic heterocycles. The van der Waals surface area contributed by atoms with Crippen LogP contribution >= 0.6 is 11.8 Å². The van der Waals surface area contributed by atoms with E-state index in [9.17, 15) is 14.4 Å². The average molecular weight is 347 g/mol. The number of hydrogen-bond acceptors (Lipinski definition) is 5. The van der Waals surface area contributed by atoms with Gasteiger partial charge in [0.15, 0.2) is 0 Å². The minimum atomic E-state index is -0.558. The van der Waals surface area contributed by atoms with Crippen LogP contribution < -0.4 is 11.1 Å². The van der Waals surface area contributed by atoms with Crippen LogP contribution in [0.2, 0.25) is 0 Å². The van der Waals surface area contributed by atoms with Crippen LogP contribution in [-0.4, -0.2) is 41.0 Å². The fourth-order valence-corrected chi connectivity index (χ4v) is 4.21. The summed E-state index contributed by atoms with van der Waals surface area (Å²) in [5, 5.41) is 2.33. The number of thioether (sulfide) groups is 1. The molecule has 6 nitrogen and oxygen atoms in total. The summed E-state index contributed by atoms with van der Waals surface area (Å²) in [6, 6.07) is 5.16. The number of carbonyl (C=O) groups is 3. The second-order valence-corrected chi connectivity index (χ2v) is 7.16. The van der Waals surface area contributed by atoms with Crippen molar-refractivity contribution >= 4 is 29.5 Å². The van der Waals surface area contributed by atoms with E-state index in [-0.39, 0.29) is 24.1 Å². The topological polar surface area (TPSA) is 92.5 Å². The van der Waals surface area contributed by atoms with Crippen molar-refractivity contribution in [2.45, 2.75) is 43.2 Å². The Labute approximate surface area is 145 Å². The summed E-state index contributed by atoms with van der Waals surface area (Å²) in [5.74, 6) is 0.199. The van der Waals surface area contributed by atoms with Crippen LogP contribution in [0.25, 0.3) is 0 Å². The van der Waals surface area contributed by atoms with Crippen molar-refractivity contribution in [2.75, 3.05) is 12.3 Å². The summed E-state index contributed by atoms with van der Waals surface area (Å²) >= 11 is 1.73. The van der Waals surface area contributed by atoms with Gasteiger partial charge in [-0.3, -0.25) is 19.7 Å². The van der Waals surface area contributed by atoms with Crippen molar-refractivity contribution in [3.05, 3.63) is 29.3 Å². The molecule has 1 atom stereocenters. The van der Waals surface area contributed by atoms with Gasteiger partial charge in [0.25, 0.3) is 5.91 Å². The highest BCUT2D eigenvalue weighted by atomic mass is 32.2. The Balaban J connectivity index is 1.75. The average Bonchev–Trinajstić information content (AvgIpc) is 2.89. The number of fused-ring (bicyclic) bond motifs is 1. The fourth-order valence-electron chi connectivity index (χ4n) is 3.12. The Bertz CT molecular complexity index is 677. The first-order valence-corrected chi connectivity index (χ1v) is 9.20. The number of unbranched alkanes of at least 4 members (excludes halogenated alkanes) is 1. The maximum absolute atomic E-state index is 12.7. The van der Waals surface area contributed by atoms with Crippen molar-refractivity contribution < 1.29 is 14.4 Å². The lowest BCUT2D eigenvalue weighted by atomic mass is 10.0. The molecule has 0 bridgehead atoms. The lowest BCUT2D eigenvalue weighted by molar-refractivity contribution is -0.136. The summed E-state index contributed by atoms with van der Waals surface area (Å²) in [4.78, 5) is 38.8. The first kappa shape index (κ1) is 17.0. The summed E-state index contributed by atoms with van der Waals surface area (Å²) in [6.07, 6.45) is 2.69. The number of hydrogen-bond donors (Lipinski definition) is 2. The van der Waals surface area contributed by atoms with Crippen LogP contribution in [0.1, 0.15) is 41.6 Å². The zero-order chi connectivity index (χ0) is 17.1. The molecule has 24 heavy (non-hydrogen) atoms. The van der Waals surface area contributed by atoms with Gasteiger partial charge in [-0.25, -0.2) is 0 Å². The third kappa shape index (κ3) is 3.32. The monoisotopic (exact) mass is 347 g/mol. The largest absolute Gasteiger partial charge is 0.330 e. The Kier molecular flexibility index (Phi) is 5.20. The number of nitrogens with two attached hydrogens (primary N) is 1. The highest BCUT2D eigenvalue weighted by molar-refractivity contribution is 7.99. The van der Waals surface area contributed by atoms with Crippen LogP contribution in [0, 0.1) is 0 Å². The maximum atomic E-state index is 12.7. The highest BCUT2D eigenvalue weighted by Gasteiger charge is 2.39. The second-order valence-electron chi connectivity index (χ2n) is 6.03. The molecule has 2 heterocycles. The number of amides is 3. The quantitative estimate of drug-likeness (QED) is 0.459. The molecule has 128 valence electrons. The second kappa shape index (κ2) is 7.36. The van der Waals surface area contributed by atoms with Gasteiger partial charge in [-0.2, -0.15) is 0 Å². The third-order valence-electron chi connectivity index (χ3n) is 4.40. The van der Waals surface area contributed by atoms with Gasteiger partial charge in [0.05, 0.1) is 0 Å².